The second-order valence-corrected chi connectivity index (χ2v) is 5.42. The summed E-state index contributed by atoms with van der Waals surface area (Å²) >= 11 is 1.31. The Bertz CT molecular complexity index is 600. The number of aromatic nitrogens is 1. The summed E-state index contributed by atoms with van der Waals surface area (Å²) in [6, 6.07) is 1.79. The first-order chi connectivity index (χ1) is 9.63. The fraction of sp³-hybridized carbons (Fsp3) is 0.385. The van der Waals surface area contributed by atoms with Crippen LogP contribution in [-0.4, -0.2) is 42.4 Å². The molecule has 0 fully saturated rings. The standard InChI is InChI=1S/C13H17N3O3S/c1-19-7-8(17)2-5-16-13(18)12-11(14)9-3-4-15-6-10(9)20-12/h3-4,6,8,17H,2,5,7,14H2,1H3,(H,16,18). The molecule has 2 aromatic rings. The molecule has 2 rings (SSSR count). The molecule has 1 amide bonds. The van der Waals surface area contributed by atoms with Gasteiger partial charge in [-0.1, -0.05) is 0 Å². The van der Waals surface area contributed by atoms with Crippen molar-refractivity contribution in [1.82, 2.24) is 10.3 Å². The van der Waals surface area contributed by atoms with Crippen molar-refractivity contribution in [3.63, 3.8) is 0 Å². The second-order valence-electron chi connectivity index (χ2n) is 4.37. The first-order valence-corrected chi connectivity index (χ1v) is 7.02. The average Bonchev–Trinajstić information content (AvgIpc) is 2.77. The molecule has 0 aliphatic carbocycles. The van der Waals surface area contributed by atoms with Crippen molar-refractivity contribution in [2.24, 2.45) is 0 Å². The monoisotopic (exact) mass is 295 g/mol. The number of anilines is 1. The van der Waals surface area contributed by atoms with Gasteiger partial charge in [-0.2, -0.15) is 0 Å². The lowest BCUT2D eigenvalue weighted by Crippen LogP contribution is -2.28. The summed E-state index contributed by atoms with van der Waals surface area (Å²) in [6.45, 7) is 0.627. The molecule has 2 heterocycles. The topological polar surface area (TPSA) is 97.5 Å². The number of aliphatic hydroxyl groups excluding tert-OH is 1. The van der Waals surface area contributed by atoms with E-state index < -0.39 is 6.10 Å². The van der Waals surface area contributed by atoms with Gasteiger partial charge < -0.3 is 20.9 Å². The fourth-order valence-corrected chi connectivity index (χ4v) is 2.85. The lowest BCUT2D eigenvalue weighted by Gasteiger charge is -2.09. The predicted octanol–water partition coefficient (Wildman–Crippen LogP) is 1.01. The number of carbonyl (C=O) groups excluding carboxylic acids is 1. The van der Waals surface area contributed by atoms with Gasteiger partial charge in [0.2, 0.25) is 0 Å². The Hall–Kier alpha value is -1.70. The molecule has 0 aliphatic rings. The maximum absolute atomic E-state index is 12.1. The number of nitrogens with one attached hydrogen (secondary N) is 1. The zero-order valence-corrected chi connectivity index (χ0v) is 11.9. The summed E-state index contributed by atoms with van der Waals surface area (Å²) in [5.41, 5.74) is 6.45. The summed E-state index contributed by atoms with van der Waals surface area (Å²) in [6.07, 6.45) is 3.19. The van der Waals surface area contributed by atoms with Gasteiger partial charge in [0.15, 0.2) is 0 Å². The van der Waals surface area contributed by atoms with Crippen molar-refractivity contribution in [3.8, 4) is 0 Å². The molecule has 7 heteroatoms. The highest BCUT2D eigenvalue weighted by atomic mass is 32.1. The van der Waals surface area contributed by atoms with Crippen LogP contribution in [0.5, 0.6) is 0 Å². The molecule has 1 atom stereocenters. The van der Waals surface area contributed by atoms with Crippen LogP contribution in [0.2, 0.25) is 0 Å². The largest absolute Gasteiger partial charge is 0.397 e. The number of nitrogens with zero attached hydrogens (tertiary/aromatic N) is 1. The molecular formula is C13H17N3O3S. The Balaban J connectivity index is 1.99. The molecule has 20 heavy (non-hydrogen) atoms. The van der Waals surface area contributed by atoms with Crippen molar-refractivity contribution >= 4 is 33.0 Å². The van der Waals surface area contributed by atoms with Crippen LogP contribution in [0.25, 0.3) is 10.1 Å². The number of hydrogen-bond donors (Lipinski definition) is 3. The molecule has 0 saturated heterocycles. The number of aliphatic hydroxyl groups is 1. The predicted molar refractivity (Wildman–Crippen MR) is 78.9 cm³/mol. The maximum Gasteiger partial charge on any atom is 0.263 e. The van der Waals surface area contributed by atoms with E-state index in [9.17, 15) is 9.90 Å². The normalized spacial score (nSPS) is 12.5. The first-order valence-electron chi connectivity index (χ1n) is 6.20. The van der Waals surface area contributed by atoms with Crippen LogP contribution >= 0.6 is 11.3 Å². The maximum atomic E-state index is 12.1. The van der Waals surface area contributed by atoms with E-state index in [0.29, 0.717) is 23.5 Å². The van der Waals surface area contributed by atoms with Gasteiger partial charge in [-0.05, 0) is 12.5 Å². The lowest BCUT2D eigenvalue weighted by molar-refractivity contribution is 0.0588. The van der Waals surface area contributed by atoms with E-state index in [4.69, 9.17) is 10.5 Å². The fourth-order valence-electron chi connectivity index (χ4n) is 1.85. The zero-order valence-electron chi connectivity index (χ0n) is 11.1. The molecule has 0 aliphatic heterocycles. The summed E-state index contributed by atoms with van der Waals surface area (Å²) in [4.78, 5) is 16.5. The number of rotatable bonds is 6. The van der Waals surface area contributed by atoms with Crippen LogP contribution in [-0.2, 0) is 4.74 Å². The Morgan fingerprint density at radius 1 is 1.65 bits per heavy atom. The van der Waals surface area contributed by atoms with Crippen LogP contribution in [0.4, 0.5) is 5.69 Å². The van der Waals surface area contributed by atoms with Crippen LogP contribution in [0.1, 0.15) is 16.1 Å². The van der Waals surface area contributed by atoms with E-state index in [2.05, 4.69) is 10.3 Å². The number of hydrogen-bond acceptors (Lipinski definition) is 6. The molecule has 0 spiro atoms. The van der Waals surface area contributed by atoms with E-state index in [1.54, 1.807) is 18.5 Å². The summed E-state index contributed by atoms with van der Waals surface area (Å²) < 4.78 is 5.70. The van der Waals surface area contributed by atoms with Gasteiger partial charge in [0.05, 0.1) is 23.1 Å². The zero-order chi connectivity index (χ0) is 14.5. The first kappa shape index (κ1) is 14.7. The SMILES string of the molecule is COCC(O)CCNC(=O)c1sc2cnccc2c1N. The molecule has 0 saturated carbocycles. The molecule has 0 aromatic carbocycles. The Labute approximate surface area is 120 Å². The number of nitrogen functional groups attached to an aromatic ring is 1. The third-order valence-corrected chi connectivity index (χ3v) is 4.01. The Morgan fingerprint density at radius 2 is 2.45 bits per heavy atom. The van der Waals surface area contributed by atoms with Crippen LogP contribution < -0.4 is 11.1 Å². The lowest BCUT2D eigenvalue weighted by atomic mass is 10.2. The second kappa shape index (κ2) is 6.65. The smallest absolute Gasteiger partial charge is 0.263 e. The number of nitrogens with two attached hydrogens (primary N) is 1. The number of carbonyl (C=O) groups is 1. The molecule has 0 bridgehead atoms. The van der Waals surface area contributed by atoms with E-state index in [1.165, 1.54) is 18.4 Å². The van der Waals surface area contributed by atoms with Gasteiger partial charge in [0.1, 0.15) is 4.88 Å². The van der Waals surface area contributed by atoms with Crippen LogP contribution in [0.3, 0.4) is 0 Å². The number of pyridine rings is 1. The van der Waals surface area contributed by atoms with Crippen LogP contribution in [0.15, 0.2) is 18.5 Å². The minimum Gasteiger partial charge on any atom is -0.397 e. The van der Waals surface area contributed by atoms with E-state index in [0.717, 1.165) is 10.1 Å². The number of thiophene rings is 1. The highest BCUT2D eigenvalue weighted by Gasteiger charge is 2.16. The van der Waals surface area contributed by atoms with Gasteiger partial charge in [-0.3, -0.25) is 9.78 Å². The summed E-state index contributed by atoms with van der Waals surface area (Å²) in [7, 11) is 1.52. The van der Waals surface area contributed by atoms with Gasteiger partial charge in [0.25, 0.3) is 5.91 Å². The molecule has 6 nitrogen and oxygen atoms in total. The third-order valence-electron chi connectivity index (χ3n) is 2.86. The third kappa shape index (κ3) is 3.24. The Kier molecular flexibility index (Phi) is 4.89. The van der Waals surface area contributed by atoms with Gasteiger partial charge in [-0.15, -0.1) is 11.3 Å². The highest BCUT2D eigenvalue weighted by molar-refractivity contribution is 7.21. The van der Waals surface area contributed by atoms with Gasteiger partial charge >= 0.3 is 0 Å². The number of amides is 1. The summed E-state index contributed by atoms with van der Waals surface area (Å²) in [5.74, 6) is -0.228. The van der Waals surface area contributed by atoms with Crippen molar-refractivity contribution in [2.75, 3.05) is 26.0 Å². The number of fused-ring (bicyclic) bond motifs is 1. The minimum absolute atomic E-state index is 0.228. The molecule has 0 radical (unpaired) electrons. The molecule has 1 unspecified atom stereocenters. The van der Waals surface area contributed by atoms with Crippen molar-refractivity contribution in [3.05, 3.63) is 23.3 Å². The molecule has 2 aromatic heterocycles. The molecule has 108 valence electrons. The molecule has 4 N–H and O–H groups in total. The van der Waals surface area contributed by atoms with Crippen LogP contribution in [0, 0.1) is 0 Å². The quantitative estimate of drug-likeness (QED) is 0.739. The van der Waals surface area contributed by atoms with E-state index in [1.807, 2.05) is 0 Å². The molecular weight excluding hydrogens is 278 g/mol. The van der Waals surface area contributed by atoms with E-state index in [-0.39, 0.29) is 12.5 Å². The number of methoxy groups -OCH3 is 1. The van der Waals surface area contributed by atoms with E-state index >= 15 is 0 Å². The highest BCUT2D eigenvalue weighted by Crippen LogP contribution is 2.32. The van der Waals surface area contributed by atoms with Crippen molar-refractivity contribution < 1.29 is 14.6 Å². The van der Waals surface area contributed by atoms with Gasteiger partial charge in [-0.25, -0.2) is 0 Å². The minimum atomic E-state index is -0.579. The summed E-state index contributed by atoms with van der Waals surface area (Å²) in [5, 5.41) is 13.1. The van der Waals surface area contributed by atoms with Crippen molar-refractivity contribution in [1.29, 1.82) is 0 Å². The number of ether oxygens (including phenoxy) is 1. The average molecular weight is 295 g/mol. The Morgan fingerprint density at radius 3 is 3.15 bits per heavy atom. The van der Waals surface area contributed by atoms with Gasteiger partial charge in [0, 0.05) is 31.4 Å². The van der Waals surface area contributed by atoms with Crippen molar-refractivity contribution in [2.45, 2.75) is 12.5 Å².